The normalized spacial score (nSPS) is 15.8. The third-order valence-corrected chi connectivity index (χ3v) is 7.08. The minimum atomic E-state index is -0.414. The summed E-state index contributed by atoms with van der Waals surface area (Å²) in [6.45, 7) is 3.48. The van der Waals surface area contributed by atoms with E-state index in [1.807, 2.05) is 19.2 Å². The number of nitrogens with one attached hydrogen (secondary N) is 2. The summed E-state index contributed by atoms with van der Waals surface area (Å²) in [4.78, 5) is 49.1. The Bertz CT molecular complexity index is 1210. The number of hydrogen-bond donors (Lipinski definition) is 2. The maximum absolute atomic E-state index is 13.2. The zero-order valence-corrected chi connectivity index (χ0v) is 21.2. The van der Waals surface area contributed by atoms with E-state index in [4.69, 9.17) is 0 Å². The van der Waals surface area contributed by atoms with Gasteiger partial charge in [-0.1, -0.05) is 0 Å². The van der Waals surface area contributed by atoms with Crippen molar-refractivity contribution in [1.82, 2.24) is 14.9 Å². The second-order valence-corrected chi connectivity index (χ2v) is 9.88. The molecule has 0 aliphatic carbocycles. The standard InChI is InChI=1S/C25H29N7O3S/c1-16(15-36-2)28-20-10-22(27-12-19(20)11-26)30-25(35)32-8-3-5-17-9-18(21(14-33)29-24(17)32)13-31-7-4-6-23(31)34/h9-10,12,14,16H,3-8,13,15H2,1-2H3,(H2,27,28,30,35)/t16-/m1/s1. The van der Waals surface area contributed by atoms with Crippen molar-refractivity contribution in [1.29, 1.82) is 5.26 Å². The van der Waals surface area contributed by atoms with E-state index >= 15 is 0 Å². The Morgan fingerprint density at radius 3 is 2.81 bits per heavy atom. The summed E-state index contributed by atoms with van der Waals surface area (Å²) >= 11 is 1.69. The highest BCUT2D eigenvalue weighted by Gasteiger charge is 2.28. The van der Waals surface area contributed by atoms with E-state index in [0.29, 0.717) is 60.8 Å². The highest BCUT2D eigenvalue weighted by molar-refractivity contribution is 7.98. The quantitative estimate of drug-likeness (QED) is 0.520. The average Bonchev–Trinajstić information content (AvgIpc) is 3.27. The van der Waals surface area contributed by atoms with Gasteiger partial charge in [-0.15, -0.1) is 0 Å². The van der Waals surface area contributed by atoms with Gasteiger partial charge in [0.25, 0.3) is 0 Å². The van der Waals surface area contributed by atoms with Crippen molar-refractivity contribution in [2.75, 3.05) is 40.6 Å². The Hall–Kier alpha value is -3.65. The number of carbonyl (C=O) groups excluding carboxylic acids is 3. The molecule has 11 heteroatoms. The summed E-state index contributed by atoms with van der Waals surface area (Å²) in [6, 6.07) is 5.38. The number of aryl methyl sites for hydroxylation is 1. The van der Waals surface area contributed by atoms with Crippen LogP contribution in [0.25, 0.3) is 0 Å². The monoisotopic (exact) mass is 507 g/mol. The number of hydrogen-bond acceptors (Lipinski definition) is 8. The van der Waals surface area contributed by atoms with E-state index in [9.17, 15) is 19.6 Å². The molecule has 4 heterocycles. The predicted molar refractivity (Wildman–Crippen MR) is 139 cm³/mol. The molecule has 0 aromatic carbocycles. The number of pyridine rings is 2. The van der Waals surface area contributed by atoms with Crippen LogP contribution in [-0.2, 0) is 17.8 Å². The van der Waals surface area contributed by atoms with Crippen LogP contribution in [0.1, 0.15) is 53.4 Å². The van der Waals surface area contributed by atoms with Crippen LogP contribution in [0.3, 0.4) is 0 Å². The van der Waals surface area contributed by atoms with Gasteiger partial charge >= 0.3 is 6.03 Å². The predicted octanol–water partition coefficient (Wildman–Crippen LogP) is 3.43. The lowest BCUT2D eigenvalue weighted by molar-refractivity contribution is -0.128. The van der Waals surface area contributed by atoms with Gasteiger partial charge in [-0.05, 0) is 44.1 Å². The SMILES string of the molecule is CSC[C@@H](C)Nc1cc(NC(=O)N2CCCc3cc(CN4CCCC4=O)c(C=O)nc32)ncc1C#N. The van der Waals surface area contributed by atoms with Crippen LogP contribution in [-0.4, -0.2) is 64.2 Å². The summed E-state index contributed by atoms with van der Waals surface area (Å²) in [5.41, 5.74) is 2.80. The summed E-state index contributed by atoms with van der Waals surface area (Å²) in [5.74, 6) is 1.69. The number of nitrogens with zero attached hydrogens (tertiary/aromatic N) is 5. The number of rotatable bonds is 8. The molecule has 0 spiro atoms. The lowest BCUT2D eigenvalue weighted by Crippen LogP contribution is -2.40. The van der Waals surface area contributed by atoms with Crippen LogP contribution >= 0.6 is 11.8 Å². The number of aromatic nitrogens is 2. The third-order valence-electron chi connectivity index (χ3n) is 6.24. The number of aldehydes is 1. The summed E-state index contributed by atoms with van der Waals surface area (Å²) in [5, 5.41) is 15.5. The molecular weight excluding hydrogens is 478 g/mol. The molecule has 36 heavy (non-hydrogen) atoms. The van der Waals surface area contributed by atoms with Crippen LogP contribution < -0.4 is 15.5 Å². The van der Waals surface area contributed by atoms with Gasteiger partial charge in [-0.3, -0.25) is 19.8 Å². The lowest BCUT2D eigenvalue weighted by atomic mass is 10.0. The molecular formula is C25H29N7O3S. The number of anilines is 3. The number of fused-ring (bicyclic) bond motifs is 1. The first-order valence-corrected chi connectivity index (χ1v) is 13.3. The third kappa shape index (κ3) is 5.60. The molecule has 1 atom stereocenters. The Labute approximate surface area is 214 Å². The zero-order chi connectivity index (χ0) is 25.7. The van der Waals surface area contributed by atoms with E-state index < -0.39 is 6.03 Å². The fourth-order valence-electron chi connectivity index (χ4n) is 4.53. The first kappa shape index (κ1) is 25.4. The minimum absolute atomic E-state index is 0.0807. The Morgan fingerprint density at radius 1 is 1.31 bits per heavy atom. The molecule has 3 amide bonds. The van der Waals surface area contributed by atoms with E-state index in [-0.39, 0.29) is 17.6 Å². The first-order valence-electron chi connectivity index (χ1n) is 11.9. The number of thioether (sulfide) groups is 1. The fourth-order valence-corrected chi connectivity index (χ4v) is 5.11. The molecule has 2 N–H and O–H groups in total. The van der Waals surface area contributed by atoms with Crippen molar-refractivity contribution in [3.8, 4) is 6.07 Å². The molecule has 2 aliphatic heterocycles. The topological polar surface area (TPSA) is 131 Å². The molecule has 188 valence electrons. The van der Waals surface area contributed by atoms with E-state index in [1.54, 1.807) is 22.7 Å². The van der Waals surface area contributed by atoms with Gasteiger partial charge in [0.2, 0.25) is 5.91 Å². The first-order chi connectivity index (χ1) is 17.4. The molecule has 10 nitrogen and oxygen atoms in total. The van der Waals surface area contributed by atoms with Crippen LogP contribution in [0.4, 0.5) is 22.1 Å². The van der Waals surface area contributed by atoms with Gasteiger partial charge in [-0.2, -0.15) is 17.0 Å². The molecule has 2 aromatic rings. The zero-order valence-electron chi connectivity index (χ0n) is 20.4. The summed E-state index contributed by atoms with van der Waals surface area (Å²) < 4.78 is 0. The Morgan fingerprint density at radius 2 is 2.11 bits per heavy atom. The highest BCUT2D eigenvalue weighted by Crippen LogP contribution is 2.29. The maximum atomic E-state index is 13.2. The van der Waals surface area contributed by atoms with Crippen LogP contribution in [0.15, 0.2) is 18.3 Å². The van der Waals surface area contributed by atoms with E-state index in [2.05, 4.69) is 26.7 Å². The molecule has 1 saturated heterocycles. The van der Waals surface area contributed by atoms with Gasteiger partial charge in [0.15, 0.2) is 6.29 Å². The van der Waals surface area contributed by atoms with Crippen molar-refractivity contribution >= 4 is 47.3 Å². The van der Waals surface area contributed by atoms with Gasteiger partial charge in [0.05, 0.1) is 11.3 Å². The smallest absolute Gasteiger partial charge is 0.328 e. The molecule has 0 saturated carbocycles. The number of amides is 3. The lowest BCUT2D eigenvalue weighted by Gasteiger charge is -2.29. The van der Waals surface area contributed by atoms with Crippen LogP contribution in [0.5, 0.6) is 0 Å². The molecule has 2 aromatic heterocycles. The number of likely N-dealkylation sites (tertiary alicyclic amines) is 1. The highest BCUT2D eigenvalue weighted by atomic mass is 32.2. The van der Waals surface area contributed by atoms with Gasteiger partial charge in [0, 0.05) is 55.7 Å². The minimum Gasteiger partial charge on any atom is -0.381 e. The molecule has 0 unspecified atom stereocenters. The van der Waals surface area contributed by atoms with Crippen molar-refractivity contribution in [3.63, 3.8) is 0 Å². The molecule has 2 aliphatic rings. The van der Waals surface area contributed by atoms with Crippen LogP contribution in [0.2, 0.25) is 0 Å². The summed E-state index contributed by atoms with van der Waals surface area (Å²) in [6.07, 6.45) is 6.93. The van der Waals surface area contributed by atoms with Gasteiger partial charge < -0.3 is 10.2 Å². The number of urea groups is 1. The van der Waals surface area contributed by atoms with Crippen molar-refractivity contribution in [2.45, 2.75) is 45.2 Å². The van der Waals surface area contributed by atoms with Gasteiger partial charge in [0.1, 0.15) is 23.4 Å². The van der Waals surface area contributed by atoms with E-state index in [0.717, 1.165) is 30.6 Å². The van der Waals surface area contributed by atoms with Gasteiger partial charge in [-0.25, -0.2) is 14.8 Å². The van der Waals surface area contributed by atoms with Crippen molar-refractivity contribution < 1.29 is 14.4 Å². The summed E-state index contributed by atoms with van der Waals surface area (Å²) in [7, 11) is 0. The van der Waals surface area contributed by atoms with Crippen molar-refractivity contribution in [3.05, 3.63) is 40.7 Å². The number of nitriles is 1. The van der Waals surface area contributed by atoms with E-state index in [1.165, 1.54) is 11.1 Å². The second-order valence-electron chi connectivity index (χ2n) is 8.97. The Balaban J connectivity index is 1.55. The fraction of sp³-hybridized carbons (Fsp3) is 0.440. The average molecular weight is 508 g/mol. The second kappa shape index (κ2) is 11.4. The molecule has 0 radical (unpaired) electrons. The van der Waals surface area contributed by atoms with Crippen LogP contribution in [0, 0.1) is 11.3 Å². The van der Waals surface area contributed by atoms with Crippen molar-refractivity contribution in [2.24, 2.45) is 0 Å². The molecule has 4 rings (SSSR count). The Kier molecular flexibility index (Phi) is 8.05. The molecule has 0 bridgehead atoms. The maximum Gasteiger partial charge on any atom is 0.328 e. The largest absolute Gasteiger partial charge is 0.381 e. The number of carbonyl (C=O) groups is 3. The molecule has 1 fully saturated rings.